The SMILES string of the molecule is COC(=O)/C=C/CNC(=O)[C@@H]1CCO[C@H]1c1cnn(C)c1C. The molecule has 2 rings (SSSR count). The number of nitrogens with one attached hydrogen (secondary N) is 1. The van der Waals surface area contributed by atoms with Crippen LogP contribution in [0.25, 0.3) is 0 Å². The van der Waals surface area contributed by atoms with E-state index in [1.807, 2.05) is 14.0 Å². The molecule has 0 radical (unpaired) electrons. The van der Waals surface area contributed by atoms with E-state index >= 15 is 0 Å². The topological polar surface area (TPSA) is 82.4 Å². The Labute approximate surface area is 129 Å². The summed E-state index contributed by atoms with van der Waals surface area (Å²) in [6.45, 7) is 2.79. The van der Waals surface area contributed by atoms with Gasteiger partial charge in [-0.05, 0) is 13.3 Å². The molecule has 0 aliphatic carbocycles. The van der Waals surface area contributed by atoms with Gasteiger partial charge in [-0.3, -0.25) is 9.48 Å². The zero-order valence-electron chi connectivity index (χ0n) is 13.0. The van der Waals surface area contributed by atoms with Gasteiger partial charge in [0.15, 0.2) is 0 Å². The Morgan fingerprint density at radius 1 is 1.59 bits per heavy atom. The first-order valence-corrected chi connectivity index (χ1v) is 7.17. The Bertz CT molecular complexity index is 579. The normalized spacial score (nSPS) is 21.2. The lowest BCUT2D eigenvalue weighted by Gasteiger charge is -2.17. The number of nitrogens with zero attached hydrogens (tertiary/aromatic N) is 2. The van der Waals surface area contributed by atoms with E-state index < -0.39 is 5.97 Å². The second kappa shape index (κ2) is 7.22. The minimum Gasteiger partial charge on any atom is -0.466 e. The third kappa shape index (κ3) is 3.54. The average Bonchev–Trinajstić information content (AvgIpc) is 3.11. The smallest absolute Gasteiger partial charge is 0.330 e. The highest BCUT2D eigenvalue weighted by Crippen LogP contribution is 2.35. The van der Waals surface area contributed by atoms with Gasteiger partial charge in [0, 0.05) is 37.5 Å². The van der Waals surface area contributed by atoms with E-state index in [2.05, 4.69) is 15.2 Å². The van der Waals surface area contributed by atoms with Crippen LogP contribution in [0.2, 0.25) is 0 Å². The number of rotatable bonds is 5. The number of ether oxygens (including phenoxy) is 2. The van der Waals surface area contributed by atoms with Crippen molar-refractivity contribution >= 4 is 11.9 Å². The quantitative estimate of drug-likeness (QED) is 0.638. The van der Waals surface area contributed by atoms with E-state index in [9.17, 15) is 9.59 Å². The molecule has 2 atom stereocenters. The molecule has 120 valence electrons. The van der Waals surface area contributed by atoms with Crippen LogP contribution < -0.4 is 5.32 Å². The van der Waals surface area contributed by atoms with Gasteiger partial charge in [0.1, 0.15) is 0 Å². The van der Waals surface area contributed by atoms with Gasteiger partial charge in [0.05, 0.1) is 25.3 Å². The van der Waals surface area contributed by atoms with Crippen LogP contribution in [0.3, 0.4) is 0 Å². The summed E-state index contributed by atoms with van der Waals surface area (Å²) in [6, 6.07) is 0. The number of amides is 1. The van der Waals surface area contributed by atoms with E-state index in [1.54, 1.807) is 17.0 Å². The van der Waals surface area contributed by atoms with Crippen molar-refractivity contribution in [1.82, 2.24) is 15.1 Å². The number of aryl methyl sites for hydroxylation is 1. The van der Waals surface area contributed by atoms with E-state index in [4.69, 9.17) is 4.74 Å². The predicted octanol–water partition coefficient (Wildman–Crippen LogP) is 0.652. The van der Waals surface area contributed by atoms with E-state index in [-0.39, 0.29) is 24.5 Å². The molecule has 0 unspecified atom stereocenters. The van der Waals surface area contributed by atoms with Crippen molar-refractivity contribution in [2.24, 2.45) is 13.0 Å². The van der Waals surface area contributed by atoms with Gasteiger partial charge in [0.25, 0.3) is 0 Å². The van der Waals surface area contributed by atoms with Crippen LogP contribution in [0.4, 0.5) is 0 Å². The van der Waals surface area contributed by atoms with Gasteiger partial charge >= 0.3 is 5.97 Å². The van der Waals surface area contributed by atoms with Crippen molar-refractivity contribution in [1.29, 1.82) is 0 Å². The van der Waals surface area contributed by atoms with Crippen LogP contribution in [-0.4, -0.2) is 41.9 Å². The summed E-state index contributed by atoms with van der Waals surface area (Å²) in [4.78, 5) is 23.2. The van der Waals surface area contributed by atoms with Gasteiger partial charge in [-0.1, -0.05) is 6.08 Å². The summed E-state index contributed by atoms with van der Waals surface area (Å²) in [7, 11) is 3.17. The summed E-state index contributed by atoms with van der Waals surface area (Å²) < 4.78 is 12.0. The third-order valence-corrected chi connectivity index (χ3v) is 3.86. The molecule has 1 aliphatic heterocycles. The van der Waals surface area contributed by atoms with Gasteiger partial charge in [-0.25, -0.2) is 4.79 Å². The second-order valence-electron chi connectivity index (χ2n) is 5.17. The lowest BCUT2D eigenvalue weighted by molar-refractivity contribution is -0.135. The Hall–Kier alpha value is -2.15. The molecule has 1 amide bonds. The van der Waals surface area contributed by atoms with E-state index in [0.29, 0.717) is 13.0 Å². The van der Waals surface area contributed by atoms with Crippen LogP contribution in [0.15, 0.2) is 18.3 Å². The van der Waals surface area contributed by atoms with Crippen molar-refractivity contribution in [3.8, 4) is 0 Å². The molecule has 1 fully saturated rings. The Morgan fingerprint density at radius 2 is 2.36 bits per heavy atom. The average molecular weight is 307 g/mol. The molecule has 2 heterocycles. The zero-order chi connectivity index (χ0) is 16.1. The molecular weight excluding hydrogens is 286 g/mol. The first-order chi connectivity index (χ1) is 10.5. The number of carbonyl (C=O) groups is 2. The van der Waals surface area contributed by atoms with Crippen molar-refractivity contribution in [3.05, 3.63) is 29.6 Å². The molecular formula is C15H21N3O4. The standard InChI is InChI=1S/C15H21N3O4/c1-10-12(9-17-18(10)2)14-11(6-8-22-14)15(20)16-7-4-5-13(19)21-3/h4-5,9,11,14H,6-8H2,1-3H3,(H,16,20)/b5-4+/t11-,14-/m1/s1. The molecule has 1 aromatic rings. The minimum atomic E-state index is -0.442. The maximum absolute atomic E-state index is 12.3. The Morgan fingerprint density at radius 3 is 3.00 bits per heavy atom. The molecule has 0 saturated carbocycles. The fraction of sp³-hybridized carbons (Fsp3) is 0.533. The fourth-order valence-corrected chi connectivity index (χ4v) is 2.47. The molecule has 1 N–H and O–H groups in total. The molecule has 7 nitrogen and oxygen atoms in total. The Kier molecular flexibility index (Phi) is 5.32. The number of carbonyl (C=O) groups excluding carboxylic acids is 2. The fourth-order valence-electron chi connectivity index (χ4n) is 2.47. The lowest BCUT2D eigenvalue weighted by atomic mass is 9.95. The van der Waals surface area contributed by atoms with Crippen LogP contribution in [-0.2, 0) is 26.1 Å². The van der Waals surface area contributed by atoms with Gasteiger partial charge in [-0.15, -0.1) is 0 Å². The van der Waals surface area contributed by atoms with E-state index in [0.717, 1.165) is 11.3 Å². The summed E-state index contributed by atoms with van der Waals surface area (Å²) >= 11 is 0. The van der Waals surface area contributed by atoms with Crippen LogP contribution in [0, 0.1) is 12.8 Å². The van der Waals surface area contributed by atoms with Crippen LogP contribution in [0.1, 0.15) is 23.8 Å². The van der Waals surface area contributed by atoms with Crippen molar-refractivity contribution < 1.29 is 19.1 Å². The van der Waals surface area contributed by atoms with Gasteiger partial charge in [0.2, 0.25) is 5.91 Å². The van der Waals surface area contributed by atoms with Crippen LogP contribution >= 0.6 is 0 Å². The summed E-state index contributed by atoms with van der Waals surface area (Å²) in [5.74, 6) is -0.767. The number of esters is 1. The maximum Gasteiger partial charge on any atom is 0.330 e. The molecule has 22 heavy (non-hydrogen) atoms. The molecule has 1 aromatic heterocycles. The molecule has 1 aliphatic rings. The van der Waals surface area contributed by atoms with Crippen molar-refractivity contribution in [3.63, 3.8) is 0 Å². The van der Waals surface area contributed by atoms with Crippen LogP contribution in [0.5, 0.6) is 0 Å². The highest BCUT2D eigenvalue weighted by atomic mass is 16.5. The lowest BCUT2D eigenvalue weighted by Crippen LogP contribution is -2.32. The molecule has 7 heteroatoms. The molecule has 1 saturated heterocycles. The summed E-state index contributed by atoms with van der Waals surface area (Å²) in [5.41, 5.74) is 1.94. The van der Waals surface area contributed by atoms with Gasteiger partial charge in [-0.2, -0.15) is 5.10 Å². The highest BCUT2D eigenvalue weighted by molar-refractivity contribution is 5.82. The zero-order valence-corrected chi connectivity index (χ0v) is 13.0. The van der Waals surface area contributed by atoms with Gasteiger partial charge < -0.3 is 14.8 Å². The summed E-state index contributed by atoms with van der Waals surface area (Å²) in [5, 5.41) is 6.99. The van der Waals surface area contributed by atoms with E-state index in [1.165, 1.54) is 13.2 Å². The second-order valence-corrected chi connectivity index (χ2v) is 5.17. The predicted molar refractivity (Wildman–Crippen MR) is 78.9 cm³/mol. The largest absolute Gasteiger partial charge is 0.466 e. The monoisotopic (exact) mass is 307 g/mol. The summed E-state index contributed by atoms with van der Waals surface area (Å²) in [6.07, 6.45) is 5.00. The minimum absolute atomic E-state index is 0.0831. The highest BCUT2D eigenvalue weighted by Gasteiger charge is 2.36. The first kappa shape index (κ1) is 16.2. The number of aromatic nitrogens is 2. The van der Waals surface area contributed by atoms with Crippen molar-refractivity contribution in [2.75, 3.05) is 20.3 Å². The molecule has 0 bridgehead atoms. The third-order valence-electron chi connectivity index (χ3n) is 3.86. The first-order valence-electron chi connectivity index (χ1n) is 7.17. The Balaban J connectivity index is 1.95. The van der Waals surface area contributed by atoms with Crippen molar-refractivity contribution in [2.45, 2.75) is 19.4 Å². The molecule has 0 spiro atoms. The number of methoxy groups -OCH3 is 1. The maximum atomic E-state index is 12.3. The number of hydrogen-bond donors (Lipinski definition) is 1. The molecule has 0 aromatic carbocycles. The number of hydrogen-bond acceptors (Lipinski definition) is 5.